The lowest BCUT2D eigenvalue weighted by Crippen LogP contribution is -2.38. The average Bonchev–Trinajstić information content (AvgIpc) is 2.35. The zero-order valence-electron chi connectivity index (χ0n) is 12.1. The standard InChI is InChI=1S/C16H24O2S/c1-13-8-7-11-16(2,3)15(13)12-19(17,18)14-9-5-4-6-10-14/h4-6,9-10,13,15H,7-8,11-12H2,1-3H3/t13-,15+/m1/s1. The Morgan fingerprint density at radius 2 is 1.84 bits per heavy atom. The SMILES string of the molecule is C[C@@H]1CCCC(C)(C)[C@H]1CS(=O)(=O)c1ccccc1. The molecule has 1 aromatic carbocycles. The van der Waals surface area contributed by atoms with Gasteiger partial charge in [0.1, 0.15) is 0 Å². The van der Waals surface area contributed by atoms with Gasteiger partial charge in [0.05, 0.1) is 10.6 Å². The van der Waals surface area contributed by atoms with Crippen LogP contribution in [-0.2, 0) is 9.84 Å². The highest BCUT2D eigenvalue weighted by molar-refractivity contribution is 7.91. The molecule has 0 saturated heterocycles. The van der Waals surface area contributed by atoms with Gasteiger partial charge in [0.25, 0.3) is 0 Å². The van der Waals surface area contributed by atoms with Gasteiger partial charge in [0.2, 0.25) is 0 Å². The fraction of sp³-hybridized carbons (Fsp3) is 0.625. The first-order valence-corrected chi connectivity index (χ1v) is 8.76. The van der Waals surface area contributed by atoms with Gasteiger partial charge in [-0.15, -0.1) is 0 Å². The van der Waals surface area contributed by atoms with Crippen molar-refractivity contribution in [1.29, 1.82) is 0 Å². The molecular formula is C16H24O2S. The molecule has 2 nitrogen and oxygen atoms in total. The van der Waals surface area contributed by atoms with Crippen LogP contribution in [0.1, 0.15) is 40.0 Å². The van der Waals surface area contributed by atoms with Crippen molar-refractivity contribution in [2.24, 2.45) is 17.3 Å². The molecule has 0 N–H and O–H groups in total. The van der Waals surface area contributed by atoms with Crippen LogP contribution in [0.4, 0.5) is 0 Å². The lowest BCUT2D eigenvalue weighted by Gasteiger charge is -2.42. The van der Waals surface area contributed by atoms with Gasteiger partial charge in [0.15, 0.2) is 9.84 Å². The highest BCUT2D eigenvalue weighted by atomic mass is 32.2. The van der Waals surface area contributed by atoms with E-state index in [2.05, 4.69) is 20.8 Å². The first-order chi connectivity index (χ1) is 8.83. The molecule has 2 rings (SSSR count). The third-order valence-electron chi connectivity index (χ3n) is 4.67. The van der Waals surface area contributed by atoms with Crippen molar-refractivity contribution < 1.29 is 8.42 Å². The van der Waals surface area contributed by atoms with E-state index in [4.69, 9.17) is 0 Å². The average molecular weight is 280 g/mol. The van der Waals surface area contributed by atoms with E-state index >= 15 is 0 Å². The summed E-state index contributed by atoms with van der Waals surface area (Å²) < 4.78 is 25.1. The van der Waals surface area contributed by atoms with Crippen LogP contribution in [0.15, 0.2) is 35.2 Å². The Balaban J connectivity index is 2.24. The van der Waals surface area contributed by atoms with Crippen LogP contribution in [0.2, 0.25) is 0 Å². The Kier molecular flexibility index (Phi) is 4.05. The van der Waals surface area contributed by atoms with Gasteiger partial charge in [-0.2, -0.15) is 0 Å². The van der Waals surface area contributed by atoms with Crippen LogP contribution in [-0.4, -0.2) is 14.2 Å². The minimum Gasteiger partial charge on any atom is -0.224 e. The molecule has 0 aromatic heterocycles. The molecule has 1 fully saturated rings. The summed E-state index contributed by atoms with van der Waals surface area (Å²) in [4.78, 5) is 0.462. The smallest absolute Gasteiger partial charge is 0.178 e. The molecule has 0 bridgehead atoms. The molecule has 0 radical (unpaired) electrons. The molecule has 0 unspecified atom stereocenters. The Morgan fingerprint density at radius 1 is 1.21 bits per heavy atom. The third-order valence-corrected chi connectivity index (χ3v) is 6.46. The fourth-order valence-electron chi connectivity index (χ4n) is 3.39. The van der Waals surface area contributed by atoms with Gasteiger partial charge < -0.3 is 0 Å². The minimum absolute atomic E-state index is 0.125. The van der Waals surface area contributed by atoms with Crippen LogP contribution in [0.25, 0.3) is 0 Å². The molecule has 1 aromatic rings. The predicted molar refractivity (Wildman–Crippen MR) is 78.8 cm³/mol. The first kappa shape index (κ1) is 14.6. The maximum atomic E-state index is 12.5. The molecule has 1 saturated carbocycles. The van der Waals surface area contributed by atoms with Gasteiger partial charge in [-0.1, -0.05) is 51.8 Å². The molecule has 1 aliphatic carbocycles. The van der Waals surface area contributed by atoms with Crippen molar-refractivity contribution in [2.75, 3.05) is 5.75 Å². The first-order valence-electron chi connectivity index (χ1n) is 7.11. The van der Waals surface area contributed by atoms with E-state index in [-0.39, 0.29) is 17.1 Å². The predicted octanol–water partition coefficient (Wildman–Crippen LogP) is 3.92. The van der Waals surface area contributed by atoms with Crippen molar-refractivity contribution >= 4 is 9.84 Å². The molecule has 3 heteroatoms. The highest BCUT2D eigenvalue weighted by Crippen LogP contribution is 2.44. The molecule has 0 heterocycles. The fourth-order valence-corrected chi connectivity index (χ4v) is 5.40. The van der Waals surface area contributed by atoms with Crippen molar-refractivity contribution in [3.63, 3.8) is 0 Å². The van der Waals surface area contributed by atoms with E-state index in [0.717, 1.165) is 12.8 Å². The molecule has 19 heavy (non-hydrogen) atoms. The van der Waals surface area contributed by atoms with E-state index in [0.29, 0.717) is 10.8 Å². The second-order valence-electron chi connectivity index (χ2n) is 6.56. The maximum absolute atomic E-state index is 12.5. The molecule has 106 valence electrons. The van der Waals surface area contributed by atoms with E-state index in [1.54, 1.807) is 24.3 Å². The molecule has 0 aliphatic heterocycles. The summed E-state index contributed by atoms with van der Waals surface area (Å²) in [6, 6.07) is 8.85. The van der Waals surface area contributed by atoms with E-state index in [9.17, 15) is 8.42 Å². The van der Waals surface area contributed by atoms with Gasteiger partial charge in [-0.05, 0) is 35.8 Å². The zero-order chi connectivity index (χ0) is 14.1. The molecule has 2 atom stereocenters. The van der Waals surface area contributed by atoms with Crippen LogP contribution in [0, 0.1) is 17.3 Å². The normalized spacial score (nSPS) is 27.1. The number of benzene rings is 1. The topological polar surface area (TPSA) is 34.1 Å². The Labute approximate surface area is 117 Å². The Morgan fingerprint density at radius 3 is 2.42 bits per heavy atom. The Bertz CT molecular complexity index is 517. The van der Waals surface area contributed by atoms with Crippen LogP contribution in [0.3, 0.4) is 0 Å². The van der Waals surface area contributed by atoms with Crippen LogP contribution in [0.5, 0.6) is 0 Å². The lowest BCUT2D eigenvalue weighted by atomic mass is 9.65. The van der Waals surface area contributed by atoms with Gasteiger partial charge in [0, 0.05) is 0 Å². The van der Waals surface area contributed by atoms with E-state index < -0.39 is 9.84 Å². The molecule has 1 aliphatic rings. The second-order valence-corrected chi connectivity index (χ2v) is 8.59. The number of sulfone groups is 1. The second kappa shape index (κ2) is 5.28. The summed E-state index contributed by atoms with van der Waals surface area (Å²) in [5, 5.41) is 0. The highest BCUT2D eigenvalue weighted by Gasteiger charge is 2.39. The number of rotatable bonds is 3. The van der Waals surface area contributed by atoms with Crippen molar-refractivity contribution in [3.05, 3.63) is 30.3 Å². The Hall–Kier alpha value is -0.830. The van der Waals surface area contributed by atoms with Crippen molar-refractivity contribution in [2.45, 2.75) is 44.9 Å². The largest absolute Gasteiger partial charge is 0.224 e. The van der Waals surface area contributed by atoms with Crippen LogP contribution < -0.4 is 0 Å². The maximum Gasteiger partial charge on any atom is 0.178 e. The number of hydrogen-bond acceptors (Lipinski definition) is 2. The minimum atomic E-state index is -3.16. The summed E-state index contributed by atoms with van der Waals surface area (Å²) in [5.41, 5.74) is 0.125. The summed E-state index contributed by atoms with van der Waals surface area (Å²) >= 11 is 0. The van der Waals surface area contributed by atoms with Crippen LogP contribution >= 0.6 is 0 Å². The summed E-state index contributed by atoms with van der Waals surface area (Å²) in [5.74, 6) is 1.03. The summed E-state index contributed by atoms with van der Waals surface area (Å²) in [6.45, 7) is 6.63. The van der Waals surface area contributed by atoms with Crippen molar-refractivity contribution in [3.8, 4) is 0 Å². The molecule has 0 amide bonds. The quantitative estimate of drug-likeness (QED) is 0.841. The van der Waals surface area contributed by atoms with Gasteiger partial charge >= 0.3 is 0 Å². The van der Waals surface area contributed by atoms with Gasteiger partial charge in [-0.3, -0.25) is 0 Å². The van der Waals surface area contributed by atoms with E-state index in [1.807, 2.05) is 6.07 Å². The monoisotopic (exact) mass is 280 g/mol. The summed E-state index contributed by atoms with van der Waals surface area (Å²) in [6.07, 6.45) is 3.50. The van der Waals surface area contributed by atoms with Crippen molar-refractivity contribution in [1.82, 2.24) is 0 Å². The number of hydrogen-bond donors (Lipinski definition) is 0. The molecular weight excluding hydrogens is 256 g/mol. The lowest BCUT2D eigenvalue weighted by molar-refractivity contribution is 0.102. The summed E-state index contributed by atoms with van der Waals surface area (Å²) in [7, 11) is -3.16. The van der Waals surface area contributed by atoms with E-state index in [1.165, 1.54) is 6.42 Å². The third kappa shape index (κ3) is 3.19. The van der Waals surface area contributed by atoms with Gasteiger partial charge in [-0.25, -0.2) is 8.42 Å². The molecule has 0 spiro atoms. The zero-order valence-corrected chi connectivity index (χ0v) is 12.9.